The van der Waals surface area contributed by atoms with E-state index in [0.717, 1.165) is 34.2 Å². The molecule has 1 aliphatic carbocycles. The second-order valence-electron chi connectivity index (χ2n) is 5.33. The lowest BCUT2D eigenvalue weighted by Crippen LogP contribution is -2.24. The molecular weight excluding hydrogens is 234 g/mol. The monoisotopic (exact) mass is 249 g/mol. The minimum absolute atomic E-state index is 0.126. The lowest BCUT2D eigenvalue weighted by Gasteiger charge is -2.31. The van der Waals surface area contributed by atoms with Crippen LogP contribution in [-0.4, -0.2) is 20.1 Å². The first-order valence-electron chi connectivity index (χ1n) is 5.73. The van der Waals surface area contributed by atoms with Crippen LogP contribution in [0.25, 0.3) is 10.8 Å². The lowest BCUT2D eigenvalue weighted by molar-refractivity contribution is 0.102. The molecule has 2 heterocycles. The Labute approximate surface area is 104 Å². The highest BCUT2D eigenvalue weighted by Gasteiger charge is 2.34. The molecule has 0 amide bonds. The van der Waals surface area contributed by atoms with Crippen molar-refractivity contribution in [3.8, 4) is 10.8 Å². The molecule has 1 aliphatic rings. The number of rotatable bonds is 1. The summed E-state index contributed by atoms with van der Waals surface area (Å²) in [6.45, 7) is 4.34. The Morgan fingerprint density at radius 2 is 2.35 bits per heavy atom. The van der Waals surface area contributed by atoms with Gasteiger partial charge in [-0.05, 0) is 18.3 Å². The number of aromatic nitrogens is 3. The highest BCUT2D eigenvalue weighted by Crippen LogP contribution is 2.44. The number of hydrogen-bond donors (Lipinski definition) is 2. The van der Waals surface area contributed by atoms with Gasteiger partial charge in [0.2, 0.25) is 0 Å². The second kappa shape index (κ2) is 3.65. The highest BCUT2D eigenvalue weighted by atomic mass is 32.1. The van der Waals surface area contributed by atoms with Crippen molar-refractivity contribution in [1.29, 1.82) is 0 Å². The third kappa shape index (κ3) is 1.89. The quantitative estimate of drug-likeness (QED) is 0.816. The molecule has 1 unspecified atom stereocenters. The third-order valence-corrected chi connectivity index (χ3v) is 4.33. The molecule has 0 aromatic carbocycles. The molecule has 0 saturated carbocycles. The molecule has 4 nitrogen and oxygen atoms in total. The predicted octanol–water partition coefficient (Wildman–Crippen LogP) is 2.54. The summed E-state index contributed by atoms with van der Waals surface area (Å²) in [7, 11) is 0. The normalized spacial score (nSPS) is 22.4. The van der Waals surface area contributed by atoms with Gasteiger partial charge in [-0.25, -0.2) is 9.97 Å². The number of hydrogen-bond acceptors (Lipinski definition) is 4. The topological polar surface area (TPSA) is 61.8 Å². The van der Waals surface area contributed by atoms with Gasteiger partial charge in [-0.3, -0.25) is 0 Å². The van der Waals surface area contributed by atoms with Gasteiger partial charge in [0.1, 0.15) is 0 Å². The second-order valence-corrected chi connectivity index (χ2v) is 6.36. The maximum absolute atomic E-state index is 10.1. The van der Waals surface area contributed by atoms with Crippen LogP contribution >= 0.6 is 11.3 Å². The molecule has 90 valence electrons. The number of aromatic amines is 1. The minimum Gasteiger partial charge on any atom is -0.387 e. The van der Waals surface area contributed by atoms with E-state index < -0.39 is 0 Å². The number of aliphatic hydroxyl groups excluding tert-OH is 1. The molecule has 0 aliphatic heterocycles. The summed E-state index contributed by atoms with van der Waals surface area (Å²) in [6, 6.07) is 0. The van der Waals surface area contributed by atoms with E-state index in [-0.39, 0.29) is 11.5 Å². The van der Waals surface area contributed by atoms with Crippen LogP contribution in [0.5, 0.6) is 0 Å². The van der Waals surface area contributed by atoms with Gasteiger partial charge in [0, 0.05) is 12.4 Å². The first-order valence-corrected chi connectivity index (χ1v) is 6.54. The first-order chi connectivity index (χ1) is 8.05. The lowest BCUT2D eigenvalue weighted by atomic mass is 9.77. The molecule has 5 heteroatoms. The van der Waals surface area contributed by atoms with Crippen LogP contribution in [0.3, 0.4) is 0 Å². The van der Waals surface area contributed by atoms with Crippen molar-refractivity contribution >= 4 is 11.3 Å². The average Bonchev–Trinajstić information content (AvgIpc) is 2.81. The highest BCUT2D eigenvalue weighted by molar-refractivity contribution is 7.15. The molecule has 0 radical (unpaired) electrons. The molecule has 0 fully saturated rings. The Morgan fingerprint density at radius 3 is 3.06 bits per heavy atom. The largest absolute Gasteiger partial charge is 0.387 e. The molecular formula is C12H15N3OS. The first kappa shape index (κ1) is 10.9. The number of thiazole rings is 1. The fourth-order valence-electron chi connectivity index (χ4n) is 2.38. The number of H-pyrrole nitrogens is 1. The summed E-state index contributed by atoms with van der Waals surface area (Å²) < 4.78 is 0. The van der Waals surface area contributed by atoms with Crippen LogP contribution in [0, 0.1) is 5.41 Å². The van der Waals surface area contributed by atoms with Crippen LogP contribution < -0.4 is 0 Å². The zero-order valence-corrected chi connectivity index (χ0v) is 10.7. The number of aliphatic hydroxyl groups is 1. The fourth-order valence-corrected chi connectivity index (χ4v) is 3.40. The van der Waals surface area contributed by atoms with Gasteiger partial charge in [0.25, 0.3) is 0 Å². The summed E-state index contributed by atoms with van der Waals surface area (Å²) in [5, 5.41) is 11.0. The SMILES string of the molecule is CC1(C)Cc2nc(-c3ncc[nH]3)sc2C(O)C1. The number of imidazole rings is 1. The molecule has 17 heavy (non-hydrogen) atoms. The fraction of sp³-hybridized carbons (Fsp3) is 0.500. The van der Waals surface area contributed by atoms with Crippen LogP contribution in [0.4, 0.5) is 0 Å². The van der Waals surface area contributed by atoms with Gasteiger partial charge >= 0.3 is 0 Å². The summed E-state index contributed by atoms with van der Waals surface area (Å²) in [5.41, 5.74) is 1.16. The number of nitrogens with zero attached hydrogens (tertiary/aromatic N) is 2. The van der Waals surface area contributed by atoms with Crippen molar-refractivity contribution in [2.24, 2.45) is 5.41 Å². The van der Waals surface area contributed by atoms with E-state index in [1.165, 1.54) is 0 Å². The minimum atomic E-state index is -0.380. The van der Waals surface area contributed by atoms with E-state index in [1.54, 1.807) is 23.7 Å². The smallest absolute Gasteiger partial charge is 0.166 e. The van der Waals surface area contributed by atoms with Crippen molar-refractivity contribution in [2.45, 2.75) is 32.8 Å². The molecule has 2 aromatic heterocycles. The Kier molecular flexibility index (Phi) is 2.34. The molecule has 2 aromatic rings. The maximum atomic E-state index is 10.1. The predicted molar refractivity (Wildman–Crippen MR) is 66.8 cm³/mol. The third-order valence-electron chi connectivity index (χ3n) is 3.12. The van der Waals surface area contributed by atoms with Gasteiger partial charge in [0.15, 0.2) is 10.8 Å². The number of nitrogens with one attached hydrogen (secondary N) is 1. The van der Waals surface area contributed by atoms with E-state index >= 15 is 0 Å². The van der Waals surface area contributed by atoms with Gasteiger partial charge in [-0.15, -0.1) is 11.3 Å². The average molecular weight is 249 g/mol. The Balaban J connectivity index is 2.04. The summed E-state index contributed by atoms with van der Waals surface area (Å²) in [6.07, 6.45) is 4.86. The Morgan fingerprint density at radius 1 is 1.53 bits per heavy atom. The van der Waals surface area contributed by atoms with Gasteiger partial charge < -0.3 is 10.1 Å². The van der Waals surface area contributed by atoms with Crippen molar-refractivity contribution < 1.29 is 5.11 Å². The van der Waals surface area contributed by atoms with Crippen molar-refractivity contribution in [3.05, 3.63) is 23.0 Å². The van der Waals surface area contributed by atoms with Crippen LogP contribution in [0.1, 0.15) is 36.9 Å². The van der Waals surface area contributed by atoms with Gasteiger partial charge in [-0.1, -0.05) is 13.8 Å². The zero-order valence-electron chi connectivity index (χ0n) is 9.90. The summed E-state index contributed by atoms with van der Waals surface area (Å²) >= 11 is 1.55. The summed E-state index contributed by atoms with van der Waals surface area (Å²) in [4.78, 5) is 12.9. The van der Waals surface area contributed by atoms with Crippen molar-refractivity contribution in [1.82, 2.24) is 15.0 Å². The maximum Gasteiger partial charge on any atom is 0.166 e. The summed E-state index contributed by atoms with van der Waals surface area (Å²) in [5.74, 6) is 0.786. The molecule has 2 N–H and O–H groups in total. The van der Waals surface area contributed by atoms with E-state index in [2.05, 4.69) is 28.8 Å². The Hall–Kier alpha value is -1.20. The molecule has 0 saturated heterocycles. The molecule has 0 bridgehead atoms. The van der Waals surface area contributed by atoms with Crippen molar-refractivity contribution in [3.63, 3.8) is 0 Å². The van der Waals surface area contributed by atoms with E-state index in [4.69, 9.17) is 0 Å². The van der Waals surface area contributed by atoms with E-state index in [9.17, 15) is 5.11 Å². The number of fused-ring (bicyclic) bond motifs is 1. The zero-order chi connectivity index (χ0) is 12.0. The van der Waals surface area contributed by atoms with Gasteiger partial charge in [0.05, 0.1) is 16.7 Å². The van der Waals surface area contributed by atoms with E-state index in [0.29, 0.717) is 0 Å². The van der Waals surface area contributed by atoms with Gasteiger partial charge in [-0.2, -0.15) is 0 Å². The molecule has 1 atom stereocenters. The molecule has 0 spiro atoms. The Bertz CT molecular complexity index is 530. The van der Waals surface area contributed by atoms with Crippen LogP contribution in [0.15, 0.2) is 12.4 Å². The molecule has 3 rings (SSSR count). The van der Waals surface area contributed by atoms with Crippen LogP contribution in [0.2, 0.25) is 0 Å². The van der Waals surface area contributed by atoms with Crippen LogP contribution in [-0.2, 0) is 6.42 Å². The van der Waals surface area contributed by atoms with Crippen molar-refractivity contribution in [2.75, 3.05) is 0 Å². The van der Waals surface area contributed by atoms with E-state index in [1.807, 2.05) is 0 Å². The standard InChI is InChI=1S/C12H15N3OS/c1-12(2)5-7-9(8(16)6-12)17-11(15-7)10-13-3-4-14-10/h3-4,8,16H,5-6H2,1-2H3,(H,13,14).